The van der Waals surface area contributed by atoms with Gasteiger partial charge in [0.05, 0.1) is 5.92 Å². The van der Waals surface area contributed by atoms with Gasteiger partial charge in [-0.15, -0.1) is 0 Å². The maximum absolute atomic E-state index is 15.2. The quantitative estimate of drug-likeness (QED) is 0.391. The lowest BCUT2D eigenvalue weighted by molar-refractivity contribution is -0.145. The Morgan fingerprint density at radius 3 is 2.34 bits per heavy atom. The van der Waals surface area contributed by atoms with Crippen molar-refractivity contribution < 1.29 is 18.3 Å². The number of alkyl halides is 2. The SMILES string of the molecule is CCCCC1CCC(CCC2(F)C=CC(OC(=O)C3CCCCC3)=CC2F)CC1. The zero-order valence-corrected chi connectivity index (χ0v) is 18.0. The van der Waals surface area contributed by atoms with Gasteiger partial charge in [-0.3, -0.25) is 4.79 Å². The molecule has 2 fully saturated rings. The molecule has 3 rings (SSSR count). The summed E-state index contributed by atoms with van der Waals surface area (Å²) in [5.74, 6) is 1.12. The highest BCUT2D eigenvalue weighted by molar-refractivity contribution is 5.74. The first-order valence-corrected chi connectivity index (χ1v) is 12.0. The number of carbonyl (C=O) groups is 1. The summed E-state index contributed by atoms with van der Waals surface area (Å²) in [6.45, 7) is 2.23. The van der Waals surface area contributed by atoms with E-state index < -0.39 is 11.8 Å². The Balaban J connectivity index is 1.43. The largest absolute Gasteiger partial charge is 0.427 e. The number of esters is 1. The molecule has 0 bridgehead atoms. The summed E-state index contributed by atoms with van der Waals surface area (Å²) in [6, 6.07) is 0. The smallest absolute Gasteiger partial charge is 0.314 e. The van der Waals surface area contributed by atoms with Gasteiger partial charge >= 0.3 is 5.97 Å². The third kappa shape index (κ3) is 6.39. The number of allylic oxidation sites excluding steroid dienone is 3. The summed E-state index contributed by atoms with van der Waals surface area (Å²) in [5.41, 5.74) is -1.97. The van der Waals surface area contributed by atoms with Gasteiger partial charge < -0.3 is 4.74 Å². The highest BCUT2D eigenvalue weighted by Gasteiger charge is 2.39. The Labute approximate surface area is 175 Å². The molecule has 2 nitrogen and oxygen atoms in total. The summed E-state index contributed by atoms with van der Waals surface area (Å²) in [4.78, 5) is 12.2. The van der Waals surface area contributed by atoms with Crippen LogP contribution in [0.15, 0.2) is 24.0 Å². The van der Waals surface area contributed by atoms with E-state index in [1.807, 2.05) is 0 Å². The van der Waals surface area contributed by atoms with Crippen molar-refractivity contribution >= 4 is 5.97 Å². The average Bonchev–Trinajstić information content (AvgIpc) is 2.75. The van der Waals surface area contributed by atoms with Gasteiger partial charge in [0, 0.05) is 0 Å². The van der Waals surface area contributed by atoms with E-state index >= 15 is 4.39 Å². The fourth-order valence-corrected chi connectivity index (χ4v) is 5.20. The topological polar surface area (TPSA) is 26.3 Å². The van der Waals surface area contributed by atoms with Crippen LogP contribution >= 0.6 is 0 Å². The zero-order valence-electron chi connectivity index (χ0n) is 18.0. The summed E-state index contributed by atoms with van der Waals surface area (Å²) in [5, 5.41) is 0. The van der Waals surface area contributed by atoms with Crippen LogP contribution in [0.5, 0.6) is 0 Å². The number of hydrogen-bond donors (Lipinski definition) is 0. The molecule has 0 N–H and O–H groups in total. The molecule has 0 aromatic rings. The molecule has 4 heteroatoms. The summed E-state index contributed by atoms with van der Waals surface area (Å²) < 4.78 is 35.2. The minimum Gasteiger partial charge on any atom is -0.427 e. The average molecular weight is 409 g/mol. The molecule has 0 heterocycles. The van der Waals surface area contributed by atoms with Crippen LogP contribution in [0.25, 0.3) is 0 Å². The van der Waals surface area contributed by atoms with E-state index in [0.717, 1.165) is 63.4 Å². The van der Waals surface area contributed by atoms with Gasteiger partial charge in [0.2, 0.25) is 0 Å². The third-order valence-corrected chi connectivity index (χ3v) is 7.32. The van der Waals surface area contributed by atoms with Crippen LogP contribution in [0.1, 0.15) is 96.8 Å². The Morgan fingerprint density at radius 2 is 1.72 bits per heavy atom. The molecule has 0 amide bonds. The molecule has 0 aromatic carbocycles. The lowest BCUT2D eigenvalue weighted by Gasteiger charge is -2.32. The van der Waals surface area contributed by atoms with Gasteiger partial charge in [-0.25, -0.2) is 8.78 Å². The molecule has 2 unspecified atom stereocenters. The number of unbranched alkanes of at least 4 members (excludes halogenated alkanes) is 1. The molecular weight excluding hydrogens is 370 g/mol. The molecule has 0 aliphatic heterocycles. The second kappa shape index (κ2) is 10.7. The highest BCUT2D eigenvalue weighted by atomic mass is 19.2. The van der Waals surface area contributed by atoms with Crippen molar-refractivity contribution in [2.45, 2.75) is 109 Å². The minimum absolute atomic E-state index is 0.0966. The van der Waals surface area contributed by atoms with Crippen LogP contribution in [0.3, 0.4) is 0 Å². The fourth-order valence-electron chi connectivity index (χ4n) is 5.20. The van der Waals surface area contributed by atoms with E-state index in [0.29, 0.717) is 5.92 Å². The molecule has 3 aliphatic rings. The second-order valence-corrected chi connectivity index (χ2v) is 9.55. The van der Waals surface area contributed by atoms with E-state index in [9.17, 15) is 9.18 Å². The van der Waals surface area contributed by atoms with Crippen molar-refractivity contribution in [2.75, 3.05) is 0 Å². The van der Waals surface area contributed by atoms with Crippen molar-refractivity contribution in [1.82, 2.24) is 0 Å². The van der Waals surface area contributed by atoms with Gasteiger partial charge in [-0.1, -0.05) is 71.1 Å². The Kier molecular flexibility index (Phi) is 8.32. The van der Waals surface area contributed by atoms with E-state index in [1.165, 1.54) is 44.3 Å². The van der Waals surface area contributed by atoms with Crippen LogP contribution < -0.4 is 0 Å². The standard InChI is InChI=1S/C25H38F2O2/c1-2-3-7-19-10-12-20(13-11-19)14-16-25(27)17-15-22(18-23(25)26)29-24(28)21-8-5-4-6-9-21/h15,17-21,23H,2-14,16H2,1H3. The van der Waals surface area contributed by atoms with Crippen molar-refractivity contribution in [3.05, 3.63) is 24.0 Å². The molecule has 2 saturated carbocycles. The maximum Gasteiger partial charge on any atom is 0.314 e. The summed E-state index contributed by atoms with van der Waals surface area (Å²) in [7, 11) is 0. The van der Waals surface area contributed by atoms with Crippen LogP contribution in [-0.4, -0.2) is 17.8 Å². The molecular formula is C25H38F2O2. The van der Waals surface area contributed by atoms with Crippen molar-refractivity contribution in [3.8, 4) is 0 Å². The first kappa shape index (κ1) is 22.5. The number of ether oxygens (including phenoxy) is 1. The lowest BCUT2D eigenvalue weighted by Crippen LogP contribution is -2.35. The molecule has 164 valence electrons. The van der Waals surface area contributed by atoms with E-state index in [-0.39, 0.29) is 24.1 Å². The Morgan fingerprint density at radius 1 is 1.07 bits per heavy atom. The molecule has 29 heavy (non-hydrogen) atoms. The van der Waals surface area contributed by atoms with Crippen LogP contribution in [0.2, 0.25) is 0 Å². The molecule has 0 radical (unpaired) electrons. The van der Waals surface area contributed by atoms with E-state index in [4.69, 9.17) is 4.74 Å². The van der Waals surface area contributed by atoms with Crippen LogP contribution in [0, 0.1) is 17.8 Å². The summed E-state index contributed by atoms with van der Waals surface area (Å²) >= 11 is 0. The summed E-state index contributed by atoms with van der Waals surface area (Å²) in [6.07, 6.45) is 16.6. The number of carbonyl (C=O) groups excluding carboxylic acids is 1. The van der Waals surface area contributed by atoms with Gasteiger partial charge in [-0.2, -0.15) is 0 Å². The lowest BCUT2D eigenvalue weighted by atomic mass is 9.76. The van der Waals surface area contributed by atoms with Gasteiger partial charge in [-0.05, 0) is 55.7 Å². The maximum atomic E-state index is 15.2. The Hall–Kier alpha value is -1.19. The van der Waals surface area contributed by atoms with Gasteiger partial charge in [0.15, 0.2) is 11.8 Å². The van der Waals surface area contributed by atoms with Gasteiger partial charge in [0.25, 0.3) is 0 Å². The normalized spacial score (nSPS) is 33.3. The van der Waals surface area contributed by atoms with E-state index in [2.05, 4.69) is 6.92 Å². The Bertz CT molecular complexity index is 586. The predicted octanol–water partition coefficient (Wildman–Crippen LogP) is 7.39. The van der Waals surface area contributed by atoms with Crippen LogP contribution in [-0.2, 0) is 9.53 Å². The zero-order chi connectivity index (χ0) is 20.7. The third-order valence-electron chi connectivity index (χ3n) is 7.32. The minimum atomic E-state index is -1.97. The van der Waals surface area contributed by atoms with Crippen LogP contribution in [0.4, 0.5) is 8.78 Å². The second-order valence-electron chi connectivity index (χ2n) is 9.55. The molecule has 2 atom stereocenters. The molecule has 3 aliphatic carbocycles. The number of hydrogen-bond acceptors (Lipinski definition) is 2. The molecule has 0 saturated heterocycles. The van der Waals surface area contributed by atoms with Crippen molar-refractivity contribution in [3.63, 3.8) is 0 Å². The fraction of sp³-hybridized carbons (Fsp3) is 0.800. The number of halogens is 2. The molecule has 0 aromatic heterocycles. The van der Waals surface area contributed by atoms with Gasteiger partial charge in [0.1, 0.15) is 5.76 Å². The predicted molar refractivity (Wildman–Crippen MR) is 113 cm³/mol. The highest BCUT2D eigenvalue weighted by Crippen LogP contribution is 2.39. The molecule has 0 spiro atoms. The van der Waals surface area contributed by atoms with Crippen molar-refractivity contribution in [1.29, 1.82) is 0 Å². The number of rotatable bonds is 8. The first-order chi connectivity index (χ1) is 14.0. The van der Waals surface area contributed by atoms with Crippen molar-refractivity contribution in [2.24, 2.45) is 17.8 Å². The monoisotopic (exact) mass is 408 g/mol. The first-order valence-electron chi connectivity index (χ1n) is 12.0. The van der Waals surface area contributed by atoms with E-state index in [1.54, 1.807) is 0 Å².